The number of allylic oxidation sites excluding steroid dienone is 1. The predicted octanol–water partition coefficient (Wildman–Crippen LogP) is 0.593. The van der Waals surface area contributed by atoms with Gasteiger partial charge in [0, 0.05) is 19.5 Å². The first-order valence-corrected chi connectivity index (χ1v) is 3.76. The molecule has 0 bridgehead atoms. The van der Waals surface area contributed by atoms with Gasteiger partial charge in [-0.25, -0.2) is 0 Å². The zero-order valence-corrected chi connectivity index (χ0v) is 7.60. The van der Waals surface area contributed by atoms with Crippen LogP contribution in [0.3, 0.4) is 0 Å². The molecule has 0 aliphatic rings. The first-order valence-electron chi connectivity index (χ1n) is 3.76. The van der Waals surface area contributed by atoms with E-state index in [1.54, 1.807) is 0 Å². The molecule has 0 fully saturated rings. The number of hydrogen-bond donors (Lipinski definition) is 1. The fourth-order valence-corrected chi connectivity index (χ4v) is 0.634. The second-order valence-corrected chi connectivity index (χ2v) is 2.21. The fraction of sp³-hybridized carbons (Fsp3) is 0.375. The third-order valence-corrected chi connectivity index (χ3v) is 1.21. The molecule has 0 rings (SSSR count). The van der Waals surface area contributed by atoms with E-state index in [1.807, 2.05) is 6.92 Å². The zero-order chi connectivity index (χ0) is 10.3. The Morgan fingerprint density at radius 2 is 2.31 bits per heavy atom. The number of hydrogen-bond acceptors (Lipinski definition) is 4. The highest BCUT2D eigenvalue weighted by Gasteiger charge is 2.07. The van der Waals surface area contributed by atoms with E-state index in [4.69, 9.17) is 5.11 Å². The smallest absolute Gasteiger partial charge is 0.325 e. The summed E-state index contributed by atoms with van der Waals surface area (Å²) in [6.45, 7) is 9.07. The van der Waals surface area contributed by atoms with Crippen LogP contribution < -0.4 is 0 Å². The summed E-state index contributed by atoms with van der Waals surface area (Å²) in [6, 6.07) is 0. The van der Waals surface area contributed by atoms with Crippen LogP contribution in [0.5, 0.6) is 0 Å². The second kappa shape index (κ2) is 5.93. The molecule has 72 valence electrons. The largest absolute Gasteiger partial charge is 0.480 e. The molecule has 0 saturated carbocycles. The molecule has 0 aliphatic heterocycles. The lowest BCUT2D eigenvalue weighted by Gasteiger charge is -2.14. The minimum Gasteiger partial charge on any atom is -0.480 e. The average molecular weight is 183 g/mol. The summed E-state index contributed by atoms with van der Waals surface area (Å²) < 4.78 is 0. The molecular weight excluding hydrogens is 170 g/mol. The minimum atomic E-state index is -0.988. The summed E-state index contributed by atoms with van der Waals surface area (Å²) in [7, 11) is 0. The Bertz CT molecular complexity index is 236. The number of carboxylic acids is 1. The lowest BCUT2D eigenvalue weighted by Crippen LogP contribution is -2.24. The fourth-order valence-electron chi connectivity index (χ4n) is 0.634. The van der Waals surface area contributed by atoms with Gasteiger partial charge in [0.05, 0.1) is 5.70 Å². The number of carboxylic acid groups (broad SMARTS) is 1. The quantitative estimate of drug-likeness (QED) is 0.484. The molecule has 0 aliphatic carbocycles. The van der Waals surface area contributed by atoms with Crippen LogP contribution in [0.2, 0.25) is 0 Å². The van der Waals surface area contributed by atoms with Gasteiger partial charge in [-0.1, -0.05) is 6.58 Å². The monoisotopic (exact) mass is 183 g/mol. The van der Waals surface area contributed by atoms with Crippen molar-refractivity contribution in [1.82, 2.24) is 5.01 Å². The van der Waals surface area contributed by atoms with Crippen LogP contribution in [-0.4, -0.2) is 42.1 Å². The van der Waals surface area contributed by atoms with E-state index >= 15 is 0 Å². The van der Waals surface area contributed by atoms with Gasteiger partial charge in [0.25, 0.3) is 0 Å². The molecule has 5 heteroatoms. The van der Waals surface area contributed by atoms with Gasteiger partial charge in [-0.3, -0.25) is 14.8 Å². The Morgan fingerprint density at radius 1 is 1.69 bits per heavy atom. The van der Waals surface area contributed by atoms with Gasteiger partial charge in [-0.2, -0.15) is 5.10 Å². The molecule has 5 nitrogen and oxygen atoms in total. The van der Waals surface area contributed by atoms with Crippen molar-refractivity contribution < 1.29 is 9.90 Å². The lowest BCUT2D eigenvalue weighted by atomic mass is 10.5. The maximum Gasteiger partial charge on any atom is 0.325 e. The molecule has 0 aromatic heterocycles. The van der Waals surface area contributed by atoms with Crippen molar-refractivity contribution in [3.63, 3.8) is 0 Å². The summed E-state index contributed by atoms with van der Waals surface area (Å²) in [5.41, 5.74) is 0.416. The highest BCUT2D eigenvalue weighted by atomic mass is 16.4. The van der Waals surface area contributed by atoms with Gasteiger partial charge in [0.15, 0.2) is 0 Å². The standard InChI is InChI=1S/C8H13N3O2/c1-4-10-5-7(2)11(9-3)6-8(12)13/h5H,2-4,6H2,1H3,(H,12,13)/b10-5-. The molecule has 0 atom stereocenters. The van der Waals surface area contributed by atoms with Gasteiger partial charge in [-0.15, -0.1) is 0 Å². The number of rotatable bonds is 6. The second-order valence-electron chi connectivity index (χ2n) is 2.21. The van der Waals surface area contributed by atoms with Crippen LogP contribution in [0.1, 0.15) is 6.92 Å². The molecular formula is C8H13N3O2. The molecule has 0 spiro atoms. The minimum absolute atomic E-state index is 0.252. The lowest BCUT2D eigenvalue weighted by molar-refractivity contribution is -0.137. The Hall–Kier alpha value is -1.65. The predicted molar refractivity (Wildman–Crippen MR) is 52.1 cm³/mol. The third kappa shape index (κ3) is 4.73. The van der Waals surface area contributed by atoms with Crippen molar-refractivity contribution in [2.75, 3.05) is 13.1 Å². The summed E-state index contributed by atoms with van der Waals surface area (Å²) in [4.78, 5) is 14.2. The summed E-state index contributed by atoms with van der Waals surface area (Å²) in [5.74, 6) is -0.988. The van der Waals surface area contributed by atoms with Crippen molar-refractivity contribution in [2.24, 2.45) is 10.1 Å². The van der Waals surface area contributed by atoms with Crippen molar-refractivity contribution in [1.29, 1.82) is 0 Å². The Labute approximate surface area is 77.1 Å². The van der Waals surface area contributed by atoms with Crippen LogP contribution in [0.15, 0.2) is 22.4 Å². The van der Waals surface area contributed by atoms with Gasteiger partial charge in [0.1, 0.15) is 6.54 Å². The Kier molecular flexibility index (Phi) is 5.18. The van der Waals surface area contributed by atoms with Crippen LogP contribution in [0, 0.1) is 0 Å². The molecule has 0 saturated heterocycles. The molecule has 0 heterocycles. The van der Waals surface area contributed by atoms with Crippen LogP contribution in [0.4, 0.5) is 0 Å². The SMILES string of the molecule is C=NN(CC(=O)O)C(=C)/C=N\CC. The summed E-state index contributed by atoms with van der Waals surface area (Å²) in [5, 5.41) is 13.1. The number of aliphatic carboxylic acids is 1. The molecule has 0 unspecified atom stereocenters. The van der Waals surface area contributed by atoms with Gasteiger partial charge < -0.3 is 5.11 Å². The Morgan fingerprint density at radius 3 is 2.69 bits per heavy atom. The normalized spacial score (nSPS) is 9.92. The molecule has 13 heavy (non-hydrogen) atoms. The van der Waals surface area contributed by atoms with E-state index in [1.165, 1.54) is 11.2 Å². The third-order valence-electron chi connectivity index (χ3n) is 1.21. The van der Waals surface area contributed by atoms with E-state index < -0.39 is 5.97 Å². The molecule has 1 N–H and O–H groups in total. The van der Waals surface area contributed by atoms with Crippen molar-refractivity contribution in [3.8, 4) is 0 Å². The average Bonchev–Trinajstić information content (AvgIpc) is 2.09. The van der Waals surface area contributed by atoms with Crippen molar-refractivity contribution in [2.45, 2.75) is 6.92 Å². The van der Waals surface area contributed by atoms with Crippen LogP contribution >= 0.6 is 0 Å². The van der Waals surface area contributed by atoms with Gasteiger partial charge >= 0.3 is 5.97 Å². The highest BCUT2D eigenvalue weighted by molar-refractivity contribution is 5.78. The van der Waals surface area contributed by atoms with E-state index in [0.29, 0.717) is 12.2 Å². The maximum atomic E-state index is 10.3. The zero-order valence-electron chi connectivity index (χ0n) is 7.60. The van der Waals surface area contributed by atoms with Gasteiger partial charge in [-0.05, 0) is 6.92 Å². The molecule has 0 aromatic rings. The number of aliphatic imine (C=N–C) groups is 1. The maximum absolute atomic E-state index is 10.3. The van der Waals surface area contributed by atoms with E-state index in [2.05, 4.69) is 23.4 Å². The first kappa shape index (κ1) is 11.4. The van der Waals surface area contributed by atoms with E-state index in [9.17, 15) is 4.79 Å². The molecule has 0 amide bonds. The number of hydrazone groups is 1. The van der Waals surface area contributed by atoms with E-state index in [-0.39, 0.29) is 6.54 Å². The topological polar surface area (TPSA) is 65.3 Å². The van der Waals surface area contributed by atoms with Crippen LogP contribution in [0.25, 0.3) is 0 Å². The summed E-state index contributed by atoms with van der Waals surface area (Å²) in [6.07, 6.45) is 1.47. The van der Waals surface area contributed by atoms with Gasteiger partial charge in [0.2, 0.25) is 0 Å². The van der Waals surface area contributed by atoms with Crippen LogP contribution in [-0.2, 0) is 4.79 Å². The van der Waals surface area contributed by atoms with Crippen molar-refractivity contribution >= 4 is 18.9 Å². The number of carbonyl (C=O) groups is 1. The Balaban J connectivity index is 4.23. The first-order chi connectivity index (χ1) is 6.11. The molecule has 0 aromatic carbocycles. The highest BCUT2D eigenvalue weighted by Crippen LogP contribution is 1.98. The summed E-state index contributed by atoms with van der Waals surface area (Å²) >= 11 is 0. The molecule has 0 radical (unpaired) electrons. The van der Waals surface area contributed by atoms with E-state index in [0.717, 1.165) is 0 Å². The van der Waals surface area contributed by atoms with Crippen molar-refractivity contribution in [3.05, 3.63) is 12.3 Å². The number of nitrogens with zero attached hydrogens (tertiary/aromatic N) is 3.